The quantitative estimate of drug-likeness (QED) is 0.161. The molecule has 0 atom stereocenters. The number of nitrogens with zero attached hydrogens (tertiary/aromatic N) is 3. The van der Waals surface area contributed by atoms with Gasteiger partial charge < -0.3 is 14.0 Å². The molecule has 1 spiro atoms. The third-order valence-corrected chi connectivity index (χ3v) is 20.0. The van der Waals surface area contributed by atoms with Gasteiger partial charge in [-0.3, -0.25) is 0 Å². The van der Waals surface area contributed by atoms with E-state index in [-0.39, 0.29) is 39.2 Å². The van der Waals surface area contributed by atoms with Gasteiger partial charge in [0.25, 0.3) is 6.71 Å². The van der Waals surface area contributed by atoms with Crippen LogP contribution in [0.2, 0.25) is 0 Å². The van der Waals surface area contributed by atoms with Crippen LogP contribution in [0.3, 0.4) is 0 Å². The topological polar surface area (TPSA) is 13.1 Å². The van der Waals surface area contributed by atoms with E-state index in [1.807, 2.05) is 0 Å². The second-order valence-corrected chi connectivity index (χ2v) is 31.5. The SMILES string of the molecule is CC(C)(C)c1ccc(N(c2ccccc2)c2ccc3c4c2c2cc(C(C)(C)C)ccc2n4-c2ccc4c5c2B3c2cc(C(C)(C)C)cc3c6cc(C(C)(C)C)cc(c6n-5c23)C42c3cc(C(C)(C)C)ccc3-c3ccc(C(C)(C)C)cc32)cc1. The van der Waals surface area contributed by atoms with Gasteiger partial charge in [0.05, 0.1) is 27.7 Å². The predicted molar refractivity (Wildman–Crippen MR) is 358 cm³/mol. The van der Waals surface area contributed by atoms with Crippen molar-refractivity contribution < 1.29 is 0 Å². The Bertz CT molecular complexity index is 4580. The van der Waals surface area contributed by atoms with E-state index in [0.717, 1.165) is 11.4 Å². The Morgan fingerprint density at radius 1 is 0.361 bits per heavy atom. The number of benzene rings is 9. The minimum atomic E-state index is -0.630. The molecule has 9 aromatic carbocycles. The summed E-state index contributed by atoms with van der Waals surface area (Å²) in [5.41, 5.74) is 31.0. The summed E-state index contributed by atoms with van der Waals surface area (Å²) in [7, 11) is 0. The molecule has 1 aliphatic carbocycles. The first-order chi connectivity index (χ1) is 39.0. The van der Waals surface area contributed by atoms with Gasteiger partial charge in [-0.15, -0.1) is 0 Å². The van der Waals surface area contributed by atoms with E-state index in [1.54, 1.807) is 0 Å². The molecule has 0 saturated carbocycles. The van der Waals surface area contributed by atoms with Crippen LogP contribution >= 0.6 is 0 Å². The Kier molecular flexibility index (Phi) is 10.3. The molecular formula is C79H80BN3. The van der Waals surface area contributed by atoms with Crippen LogP contribution in [0.5, 0.6) is 0 Å². The molecule has 414 valence electrons. The monoisotopic (exact) mass is 1080 g/mol. The van der Waals surface area contributed by atoms with Crippen LogP contribution in [0.4, 0.5) is 17.1 Å². The Labute approximate surface area is 493 Å². The molecule has 0 radical (unpaired) electrons. The molecule has 15 rings (SSSR count). The molecule has 0 fully saturated rings. The molecule has 83 heavy (non-hydrogen) atoms. The Balaban J connectivity index is 1.16. The van der Waals surface area contributed by atoms with Gasteiger partial charge >= 0.3 is 0 Å². The highest BCUT2D eigenvalue weighted by molar-refractivity contribution is 7.00. The van der Waals surface area contributed by atoms with Crippen LogP contribution in [-0.4, -0.2) is 15.8 Å². The summed E-state index contributed by atoms with van der Waals surface area (Å²) >= 11 is 0. The number of para-hydroxylation sites is 1. The summed E-state index contributed by atoms with van der Waals surface area (Å²) in [5, 5.41) is 5.31. The largest absolute Gasteiger partial charge is 0.310 e. The molecule has 0 N–H and O–H groups in total. The maximum atomic E-state index is 2.81. The van der Waals surface area contributed by atoms with Gasteiger partial charge in [0.2, 0.25) is 0 Å². The number of hydrogen-bond acceptors (Lipinski definition) is 1. The number of rotatable bonds is 3. The summed E-state index contributed by atoms with van der Waals surface area (Å²) in [6.07, 6.45) is 0. The Morgan fingerprint density at radius 3 is 1.43 bits per heavy atom. The van der Waals surface area contributed by atoms with Crippen LogP contribution < -0.4 is 21.3 Å². The number of hydrogen-bond donors (Lipinski definition) is 0. The van der Waals surface area contributed by atoms with E-state index in [2.05, 4.69) is 296 Å². The molecule has 5 heterocycles. The minimum absolute atomic E-state index is 0.0260. The van der Waals surface area contributed by atoms with Crippen molar-refractivity contribution in [3.8, 4) is 22.5 Å². The van der Waals surface area contributed by atoms with Gasteiger partial charge in [0.1, 0.15) is 0 Å². The zero-order valence-electron chi connectivity index (χ0n) is 52.4. The normalized spacial score (nSPS) is 14.9. The standard InChI is InChI=1S/C79H80BN3/c1-73(2,3)45-24-29-52(30-25-45)81(51-22-20-19-21-23-51)65-37-34-62-72-67(65)57-38-46(74(4,5)6)28-35-64(57)82(72)66-36-33-58-71-68(66)80(62)63-44-50(78(16,17)18)40-56-55-39-49(77(13,14)15)43-61(69(55)83(71)70(56)63)79(58)59-41-47(75(7,8)9)26-31-53(59)54-32-27-48(42-60(54)79)76(10,11)12/h19-44H,1-18H3. The second-order valence-electron chi connectivity index (χ2n) is 31.5. The van der Waals surface area contributed by atoms with Crippen LogP contribution in [0.25, 0.3) is 66.1 Å². The zero-order chi connectivity index (χ0) is 58.4. The molecule has 4 heteroatoms. The van der Waals surface area contributed by atoms with Gasteiger partial charge in [-0.05, 0) is 176 Å². The van der Waals surface area contributed by atoms with E-state index in [0.29, 0.717) is 0 Å². The highest BCUT2D eigenvalue weighted by atomic mass is 15.1. The maximum absolute atomic E-state index is 2.81. The van der Waals surface area contributed by atoms with Crippen molar-refractivity contribution >= 4 is 83.8 Å². The average Bonchev–Trinajstić information content (AvgIpc) is 1.90. The lowest BCUT2D eigenvalue weighted by molar-refractivity contribution is 0.583. The fourth-order valence-corrected chi connectivity index (χ4v) is 15.4. The van der Waals surface area contributed by atoms with Gasteiger partial charge in [-0.25, -0.2) is 0 Å². The smallest absolute Gasteiger partial charge is 0.252 e. The van der Waals surface area contributed by atoms with Crippen molar-refractivity contribution in [2.24, 2.45) is 0 Å². The molecule has 3 aliphatic heterocycles. The van der Waals surface area contributed by atoms with E-state index < -0.39 is 5.41 Å². The molecule has 3 nitrogen and oxygen atoms in total. The molecule has 0 bridgehead atoms. The van der Waals surface area contributed by atoms with Crippen molar-refractivity contribution in [2.45, 2.75) is 163 Å². The lowest BCUT2D eigenvalue weighted by atomic mass is 9.33. The Morgan fingerprint density at radius 2 is 0.855 bits per heavy atom. The minimum Gasteiger partial charge on any atom is -0.310 e. The maximum Gasteiger partial charge on any atom is 0.252 e. The van der Waals surface area contributed by atoms with Crippen LogP contribution in [0.1, 0.15) is 180 Å². The second kappa shape index (κ2) is 16.4. The van der Waals surface area contributed by atoms with E-state index in [4.69, 9.17) is 0 Å². The lowest BCUT2D eigenvalue weighted by Crippen LogP contribution is -2.60. The third kappa shape index (κ3) is 7.05. The summed E-state index contributed by atoms with van der Waals surface area (Å²) in [6, 6.07) is 63.7. The van der Waals surface area contributed by atoms with Gasteiger partial charge in [0, 0.05) is 49.8 Å². The van der Waals surface area contributed by atoms with Gasteiger partial charge in [-0.1, -0.05) is 222 Å². The number of aromatic nitrogens is 2. The molecule has 0 saturated heterocycles. The van der Waals surface area contributed by atoms with Crippen molar-refractivity contribution in [3.05, 3.63) is 213 Å². The van der Waals surface area contributed by atoms with Gasteiger partial charge in [-0.2, -0.15) is 0 Å². The molecule has 4 aliphatic rings. The average molecular weight is 1080 g/mol. The summed E-state index contributed by atoms with van der Waals surface area (Å²) in [6.45, 7) is 42.8. The molecule has 2 aromatic heterocycles. The Hall–Kier alpha value is -7.56. The van der Waals surface area contributed by atoms with Crippen molar-refractivity contribution in [3.63, 3.8) is 0 Å². The molecule has 0 amide bonds. The fourth-order valence-electron chi connectivity index (χ4n) is 15.4. The fraction of sp³-hybridized carbons (Fsp3) is 0.316. The first kappa shape index (κ1) is 52.3. The first-order valence-corrected chi connectivity index (χ1v) is 30.7. The van der Waals surface area contributed by atoms with Gasteiger partial charge in [0.15, 0.2) is 0 Å². The van der Waals surface area contributed by atoms with Crippen molar-refractivity contribution in [1.82, 2.24) is 9.13 Å². The first-order valence-electron chi connectivity index (χ1n) is 30.7. The molecular weight excluding hydrogens is 1000 g/mol. The lowest BCUT2D eigenvalue weighted by Gasteiger charge is -2.45. The van der Waals surface area contributed by atoms with E-state index in [9.17, 15) is 0 Å². The van der Waals surface area contributed by atoms with Crippen LogP contribution in [-0.2, 0) is 37.9 Å². The number of fused-ring (bicyclic) bond motifs is 14. The molecule has 11 aromatic rings. The third-order valence-electron chi connectivity index (χ3n) is 20.0. The van der Waals surface area contributed by atoms with Crippen LogP contribution in [0.15, 0.2) is 158 Å². The summed E-state index contributed by atoms with van der Waals surface area (Å²) < 4.78 is 5.52. The summed E-state index contributed by atoms with van der Waals surface area (Å²) in [4.78, 5) is 2.53. The number of anilines is 3. The highest BCUT2D eigenvalue weighted by Gasteiger charge is 2.55. The van der Waals surface area contributed by atoms with E-state index >= 15 is 0 Å². The van der Waals surface area contributed by atoms with E-state index in [1.165, 1.54) is 144 Å². The zero-order valence-corrected chi connectivity index (χ0v) is 52.4. The van der Waals surface area contributed by atoms with Crippen molar-refractivity contribution in [1.29, 1.82) is 0 Å². The highest BCUT2D eigenvalue weighted by Crippen LogP contribution is 2.63. The van der Waals surface area contributed by atoms with Crippen LogP contribution in [0, 0.1) is 0 Å². The predicted octanol–water partition coefficient (Wildman–Crippen LogP) is 19.0. The van der Waals surface area contributed by atoms with Crippen molar-refractivity contribution in [2.75, 3.05) is 4.90 Å². The summed E-state index contributed by atoms with van der Waals surface area (Å²) in [5.74, 6) is 0. The molecule has 0 unspecified atom stereocenters.